The number of rotatable bonds is 4. The summed E-state index contributed by atoms with van der Waals surface area (Å²) in [6, 6.07) is 5.23. The third-order valence-electron chi connectivity index (χ3n) is 3.32. The van der Waals surface area contributed by atoms with Gasteiger partial charge in [-0.15, -0.1) is 0 Å². The van der Waals surface area contributed by atoms with Crippen molar-refractivity contribution in [3.63, 3.8) is 0 Å². The van der Waals surface area contributed by atoms with E-state index in [9.17, 15) is 13.2 Å². The van der Waals surface area contributed by atoms with Crippen molar-refractivity contribution in [2.75, 3.05) is 33.3 Å². The minimum Gasteiger partial charge on any atom is -0.374 e. The highest BCUT2D eigenvalue weighted by molar-refractivity contribution is 5.24. The molecule has 0 aliphatic carbocycles. The summed E-state index contributed by atoms with van der Waals surface area (Å²) in [5.41, 5.74) is 0.223. The van der Waals surface area contributed by atoms with Crippen molar-refractivity contribution in [2.45, 2.75) is 18.8 Å². The molecule has 0 spiro atoms. The van der Waals surface area contributed by atoms with Crippen molar-refractivity contribution >= 4 is 0 Å². The summed E-state index contributed by atoms with van der Waals surface area (Å²) in [5, 5.41) is 3.22. The molecule has 6 heteroatoms. The Bertz CT molecular complexity index is 419. The molecule has 0 saturated carbocycles. The van der Waals surface area contributed by atoms with Crippen LogP contribution in [0.5, 0.6) is 0 Å². The Morgan fingerprint density at radius 3 is 2.60 bits per heavy atom. The number of hydrogen-bond acceptors (Lipinski definition) is 3. The van der Waals surface area contributed by atoms with E-state index in [0.29, 0.717) is 13.1 Å². The monoisotopic (exact) mass is 288 g/mol. The SMILES string of the molecule is CN1CCOC(CNCc2ccc(C(F)(F)F)cc2)C1. The zero-order valence-corrected chi connectivity index (χ0v) is 11.4. The number of nitrogens with zero attached hydrogens (tertiary/aromatic N) is 1. The molecule has 1 atom stereocenters. The highest BCUT2D eigenvalue weighted by Gasteiger charge is 2.29. The Morgan fingerprint density at radius 1 is 1.30 bits per heavy atom. The van der Waals surface area contributed by atoms with Gasteiger partial charge in [0.2, 0.25) is 0 Å². The average Bonchev–Trinajstić information content (AvgIpc) is 2.38. The second kappa shape index (κ2) is 6.56. The normalized spacial score (nSPS) is 21.1. The lowest BCUT2D eigenvalue weighted by Gasteiger charge is -2.30. The molecule has 3 nitrogen and oxygen atoms in total. The third kappa shape index (κ3) is 4.47. The van der Waals surface area contributed by atoms with Crippen molar-refractivity contribution in [2.24, 2.45) is 0 Å². The molecule has 1 aliphatic rings. The Hall–Kier alpha value is -1.11. The fraction of sp³-hybridized carbons (Fsp3) is 0.571. The van der Waals surface area contributed by atoms with E-state index in [1.54, 1.807) is 0 Å². The second-order valence-electron chi connectivity index (χ2n) is 5.08. The lowest BCUT2D eigenvalue weighted by molar-refractivity contribution is -0.137. The summed E-state index contributed by atoms with van der Waals surface area (Å²) in [5.74, 6) is 0. The van der Waals surface area contributed by atoms with E-state index in [1.807, 2.05) is 7.05 Å². The first-order chi connectivity index (χ1) is 9.45. The Kier molecular flexibility index (Phi) is 5.01. The van der Waals surface area contributed by atoms with E-state index >= 15 is 0 Å². The molecular formula is C14H19F3N2O. The molecule has 2 rings (SSSR count). The maximum absolute atomic E-state index is 12.4. The summed E-state index contributed by atoms with van der Waals surface area (Å²) in [6.07, 6.45) is -4.13. The highest BCUT2D eigenvalue weighted by atomic mass is 19.4. The number of nitrogens with one attached hydrogen (secondary N) is 1. The van der Waals surface area contributed by atoms with Crippen molar-refractivity contribution in [3.05, 3.63) is 35.4 Å². The molecule has 20 heavy (non-hydrogen) atoms. The molecule has 1 N–H and O–H groups in total. The smallest absolute Gasteiger partial charge is 0.374 e. The predicted octanol–water partition coefficient (Wildman–Crippen LogP) is 2.13. The fourth-order valence-corrected chi connectivity index (χ4v) is 2.18. The van der Waals surface area contributed by atoms with Gasteiger partial charge in [-0.05, 0) is 24.7 Å². The summed E-state index contributed by atoms with van der Waals surface area (Å²) in [7, 11) is 2.05. The van der Waals surface area contributed by atoms with Crippen LogP contribution in [0, 0.1) is 0 Å². The first-order valence-electron chi connectivity index (χ1n) is 6.62. The van der Waals surface area contributed by atoms with Crippen LogP contribution >= 0.6 is 0 Å². The molecule has 1 aromatic carbocycles. The highest BCUT2D eigenvalue weighted by Crippen LogP contribution is 2.28. The summed E-state index contributed by atoms with van der Waals surface area (Å²) in [6.45, 7) is 3.78. The van der Waals surface area contributed by atoms with Crippen molar-refractivity contribution in [1.29, 1.82) is 0 Å². The van der Waals surface area contributed by atoms with Crippen LogP contribution in [0.15, 0.2) is 24.3 Å². The first kappa shape index (κ1) is 15.3. The molecule has 112 valence electrons. The van der Waals surface area contributed by atoms with Gasteiger partial charge < -0.3 is 15.0 Å². The molecule has 0 radical (unpaired) electrons. The van der Waals surface area contributed by atoms with Gasteiger partial charge in [-0.1, -0.05) is 12.1 Å². The van der Waals surface area contributed by atoms with Crippen LogP contribution in [0.1, 0.15) is 11.1 Å². The zero-order valence-electron chi connectivity index (χ0n) is 11.4. The predicted molar refractivity (Wildman–Crippen MR) is 70.4 cm³/mol. The molecule has 1 heterocycles. The molecule has 1 aromatic rings. The zero-order chi connectivity index (χ0) is 14.6. The standard InChI is InChI=1S/C14H19F3N2O/c1-19-6-7-20-13(10-19)9-18-8-11-2-4-12(5-3-11)14(15,16)17/h2-5,13,18H,6-10H2,1H3. The topological polar surface area (TPSA) is 24.5 Å². The van der Waals surface area contributed by atoms with E-state index in [-0.39, 0.29) is 6.10 Å². The number of ether oxygens (including phenoxy) is 1. The van der Waals surface area contributed by atoms with Gasteiger partial charge in [-0.3, -0.25) is 0 Å². The van der Waals surface area contributed by atoms with Crippen LogP contribution in [-0.2, 0) is 17.5 Å². The van der Waals surface area contributed by atoms with Gasteiger partial charge in [0.1, 0.15) is 0 Å². The second-order valence-corrected chi connectivity index (χ2v) is 5.08. The van der Waals surface area contributed by atoms with E-state index in [0.717, 1.165) is 37.4 Å². The van der Waals surface area contributed by atoms with E-state index in [4.69, 9.17) is 4.74 Å². The number of hydrogen-bond donors (Lipinski definition) is 1. The summed E-state index contributed by atoms with van der Waals surface area (Å²) < 4.78 is 42.8. The average molecular weight is 288 g/mol. The van der Waals surface area contributed by atoms with Gasteiger partial charge >= 0.3 is 6.18 Å². The Labute approximate surface area is 116 Å². The van der Waals surface area contributed by atoms with Crippen LogP contribution in [-0.4, -0.2) is 44.3 Å². The maximum atomic E-state index is 12.4. The van der Waals surface area contributed by atoms with Crippen molar-refractivity contribution in [3.8, 4) is 0 Å². The van der Waals surface area contributed by atoms with Gasteiger partial charge in [-0.2, -0.15) is 13.2 Å². The van der Waals surface area contributed by atoms with E-state index < -0.39 is 11.7 Å². The molecule has 1 fully saturated rings. The quantitative estimate of drug-likeness (QED) is 0.918. The van der Waals surface area contributed by atoms with Crippen molar-refractivity contribution < 1.29 is 17.9 Å². The molecule has 0 aromatic heterocycles. The number of halogens is 3. The number of morpholine rings is 1. The largest absolute Gasteiger partial charge is 0.416 e. The first-order valence-corrected chi connectivity index (χ1v) is 6.62. The molecule has 0 amide bonds. The molecule has 1 unspecified atom stereocenters. The van der Waals surface area contributed by atoms with Gasteiger partial charge in [0, 0.05) is 26.2 Å². The summed E-state index contributed by atoms with van der Waals surface area (Å²) in [4.78, 5) is 2.20. The van der Waals surface area contributed by atoms with Gasteiger partial charge in [-0.25, -0.2) is 0 Å². The maximum Gasteiger partial charge on any atom is 0.416 e. The molecule has 1 saturated heterocycles. The lowest BCUT2D eigenvalue weighted by atomic mass is 10.1. The van der Waals surface area contributed by atoms with Crippen LogP contribution in [0.4, 0.5) is 13.2 Å². The minimum absolute atomic E-state index is 0.142. The van der Waals surface area contributed by atoms with Crippen molar-refractivity contribution in [1.82, 2.24) is 10.2 Å². The van der Waals surface area contributed by atoms with E-state index in [1.165, 1.54) is 12.1 Å². The number of alkyl halides is 3. The van der Waals surface area contributed by atoms with Crippen LogP contribution in [0.3, 0.4) is 0 Å². The number of likely N-dealkylation sites (N-methyl/N-ethyl adjacent to an activating group) is 1. The van der Waals surface area contributed by atoms with Crippen LogP contribution < -0.4 is 5.32 Å². The molecular weight excluding hydrogens is 269 g/mol. The molecule has 0 bridgehead atoms. The van der Waals surface area contributed by atoms with Gasteiger partial charge in [0.25, 0.3) is 0 Å². The van der Waals surface area contributed by atoms with Gasteiger partial charge in [0.05, 0.1) is 18.3 Å². The third-order valence-corrected chi connectivity index (χ3v) is 3.32. The lowest BCUT2D eigenvalue weighted by Crippen LogP contribution is -2.44. The van der Waals surface area contributed by atoms with Gasteiger partial charge in [0.15, 0.2) is 0 Å². The minimum atomic E-state index is -4.27. The van der Waals surface area contributed by atoms with E-state index in [2.05, 4.69) is 10.2 Å². The Morgan fingerprint density at radius 2 is 2.00 bits per heavy atom. The Balaban J connectivity index is 1.77. The van der Waals surface area contributed by atoms with Crippen LogP contribution in [0.2, 0.25) is 0 Å². The summed E-state index contributed by atoms with van der Waals surface area (Å²) >= 11 is 0. The van der Waals surface area contributed by atoms with Crippen LogP contribution in [0.25, 0.3) is 0 Å². The molecule has 1 aliphatic heterocycles. The number of benzene rings is 1. The fourth-order valence-electron chi connectivity index (χ4n) is 2.18.